The zero-order chi connectivity index (χ0) is 11.7. The molecule has 16 heavy (non-hydrogen) atoms. The van der Waals surface area contributed by atoms with Gasteiger partial charge >= 0.3 is 6.09 Å². The fourth-order valence-corrected chi connectivity index (χ4v) is 1.62. The Morgan fingerprint density at radius 2 is 2.31 bits per heavy atom. The quantitative estimate of drug-likeness (QED) is 0.583. The number of amides is 1. The van der Waals surface area contributed by atoms with Gasteiger partial charge in [0, 0.05) is 23.7 Å². The van der Waals surface area contributed by atoms with Gasteiger partial charge < -0.3 is 4.74 Å². The molecule has 0 spiro atoms. The molecule has 0 aromatic heterocycles. The second kappa shape index (κ2) is 3.80. The third-order valence-corrected chi connectivity index (χ3v) is 2.48. The van der Waals surface area contributed by atoms with Crippen molar-refractivity contribution in [3.63, 3.8) is 0 Å². The molecular weight excluding hydrogens is 212 g/mol. The Morgan fingerprint density at radius 1 is 1.56 bits per heavy atom. The molecule has 84 valence electrons. The lowest BCUT2D eigenvalue weighted by Crippen LogP contribution is -2.11. The average molecular weight is 222 g/mol. The molecule has 1 aliphatic rings. The normalized spacial score (nSPS) is 19.1. The SMILES string of the molecule is CC1COC(=O)Nc2ccc([N+](=O)[O-])cc21. The van der Waals surface area contributed by atoms with Crippen molar-refractivity contribution >= 4 is 17.5 Å². The highest BCUT2D eigenvalue weighted by molar-refractivity contribution is 5.87. The molecule has 0 bridgehead atoms. The minimum atomic E-state index is -0.528. The van der Waals surface area contributed by atoms with Crippen LogP contribution in [0.4, 0.5) is 16.2 Å². The highest BCUT2D eigenvalue weighted by Crippen LogP contribution is 2.30. The van der Waals surface area contributed by atoms with Crippen molar-refractivity contribution < 1.29 is 14.5 Å². The molecule has 6 nitrogen and oxygen atoms in total. The number of nitrogens with one attached hydrogen (secondary N) is 1. The lowest BCUT2D eigenvalue weighted by Gasteiger charge is -2.09. The Labute approximate surface area is 91.4 Å². The molecular formula is C10H10N2O4. The monoisotopic (exact) mass is 222 g/mol. The Balaban J connectivity index is 2.47. The molecule has 1 atom stereocenters. The lowest BCUT2D eigenvalue weighted by molar-refractivity contribution is -0.384. The van der Waals surface area contributed by atoms with E-state index in [1.165, 1.54) is 18.2 Å². The first kappa shape index (κ1) is 10.4. The molecule has 1 heterocycles. The fourth-order valence-electron chi connectivity index (χ4n) is 1.62. The lowest BCUT2D eigenvalue weighted by atomic mass is 9.99. The number of hydrogen-bond acceptors (Lipinski definition) is 4. The van der Waals surface area contributed by atoms with Gasteiger partial charge in [0.05, 0.1) is 11.5 Å². The first-order valence-corrected chi connectivity index (χ1v) is 4.80. The summed E-state index contributed by atoms with van der Waals surface area (Å²) in [6, 6.07) is 4.35. The first-order chi connectivity index (χ1) is 7.58. The predicted octanol–water partition coefficient (Wildman–Crippen LogP) is 2.26. The maximum Gasteiger partial charge on any atom is 0.411 e. The molecule has 0 aliphatic carbocycles. The van der Waals surface area contributed by atoms with Gasteiger partial charge in [-0.05, 0) is 11.6 Å². The highest BCUT2D eigenvalue weighted by atomic mass is 16.6. The van der Waals surface area contributed by atoms with Gasteiger partial charge in [0.15, 0.2) is 0 Å². The van der Waals surface area contributed by atoms with Crippen LogP contribution in [-0.2, 0) is 4.74 Å². The maximum absolute atomic E-state index is 11.1. The summed E-state index contributed by atoms with van der Waals surface area (Å²) in [5.41, 5.74) is 1.31. The minimum absolute atomic E-state index is 0.0155. The van der Waals surface area contributed by atoms with Crippen molar-refractivity contribution in [3.8, 4) is 0 Å². The summed E-state index contributed by atoms with van der Waals surface area (Å²) in [5.74, 6) is -0.0613. The number of non-ortho nitro benzene ring substituents is 1. The molecule has 1 unspecified atom stereocenters. The molecule has 6 heteroatoms. The number of anilines is 1. The standard InChI is InChI=1S/C10H10N2O4/c1-6-5-16-10(13)11-9-3-2-7(12(14)15)4-8(6)9/h2-4,6H,5H2,1H3,(H,11,13). The number of carbonyl (C=O) groups is 1. The molecule has 1 amide bonds. The van der Waals surface area contributed by atoms with Crippen molar-refractivity contribution in [1.82, 2.24) is 0 Å². The Kier molecular flexibility index (Phi) is 2.47. The Morgan fingerprint density at radius 3 is 3.00 bits per heavy atom. The van der Waals surface area contributed by atoms with E-state index in [1.54, 1.807) is 0 Å². The summed E-state index contributed by atoms with van der Waals surface area (Å²) in [6.07, 6.45) is -0.528. The van der Waals surface area contributed by atoms with Crippen LogP contribution in [0.3, 0.4) is 0 Å². The molecule has 0 radical (unpaired) electrons. The number of nitro groups is 1. The predicted molar refractivity (Wildman–Crippen MR) is 56.5 cm³/mol. The molecule has 1 aromatic carbocycles. The molecule has 1 aromatic rings. The Hall–Kier alpha value is -2.11. The van der Waals surface area contributed by atoms with Crippen molar-refractivity contribution in [3.05, 3.63) is 33.9 Å². The summed E-state index contributed by atoms with van der Waals surface area (Å²) in [6.45, 7) is 2.07. The van der Waals surface area contributed by atoms with E-state index >= 15 is 0 Å². The van der Waals surface area contributed by atoms with Crippen molar-refractivity contribution in [1.29, 1.82) is 0 Å². The van der Waals surface area contributed by atoms with Gasteiger partial charge in [-0.1, -0.05) is 6.92 Å². The van der Waals surface area contributed by atoms with Crippen LogP contribution >= 0.6 is 0 Å². The number of benzene rings is 1. The van der Waals surface area contributed by atoms with Crippen LogP contribution in [0, 0.1) is 10.1 Å². The third-order valence-electron chi connectivity index (χ3n) is 2.48. The average Bonchev–Trinajstić information content (AvgIpc) is 2.38. The van der Waals surface area contributed by atoms with Crippen LogP contribution in [0.15, 0.2) is 18.2 Å². The van der Waals surface area contributed by atoms with E-state index in [4.69, 9.17) is 4.74 Å². The van der Waals surface area contributed by atoms with E-state index in [9.17, 15) is 14.9 Å². The molecule has 0 fully saturated rings. The summed E-state index contributed by atoms with van der Waals surface area (Å²) < 4.78 is 4.88. The number of nitro benzene ring substituents is 1. The number of hydrogen-bond donors (Lipinski definition) is 1. The number of nitrogens with zero attached hydrogens (tertiary/aromatic N) is 1. The summed E-state index contributed by atoms with van der Waals surface area (Å²) in [7, 11) is 0. The van der Waals surface area contributed by atoms with Crippen LogP contribution in [0.5, 0.6) is 0 Å². The second-order valence-electron chi connectivity index (χ2n) is 3.65. The van der Waals surface area contributed by atoms with Gasteiger partial charge in [-0.25, -0.2) is 4.79 Å². The number of rotatable bonds is 1. The van der Waals surface area contributed by atoms with E-state index in [0.29, 0.717) is 5.69 Å². The van der Waals surface area contributed by atoms with E-state index < -0.39 is 11.0 Å². The summed E-state index contributed by atoms with van der Waals surface area (Å²) >= 11 is 0. The zero-order valence-electron chi connectivity index (χ0n) is 8.60. The number of carbonyl (C=O) groups excluding carboxylic acids is 1. The van der Waals surface area contributed by atoms with E-state index in [0.717, 1.165) is 5.56 Å². The van der Waals surface area contributed by atoms with E-state index in [-0.39, 0.29) is 18.2 Å². The van der Waals surface area contributed by atoms with Crippen LogP contribution in [0.1, 0.15) is 18.4 Å². The smallest absolute Gasteiger partial charge is 0.411 e. The van der Waals surface area contributed by atoms with Crippen LogP contribution in [-0.4, -0.2) is 17.6 Å². The van der Waals surface area contributed by atoms with Gasteiger partial charge in [0.25, 0.3) is 5.69 Å². The van der Waals surface area contributed by atoms with Crippen molar-refractivity contribution in [2.45, 2.75) is 12.8 Å². The van der Waals surface area contributed by atoms with Gasteiger partial charge in [-0.2, -0.15) is 0 Å². The highest BCUT2D eigenvalue weighted by Gasteiger charge is 2.21. The molecule has 0 saturated carbocycles. The fraction of sp³-hybridized carbons (Fsp3) is 0.300. The van der Waals surface area contributed by atoms with E-state index in [1.807, 2.05) is 6.92 Å². The second-order valence-corrected chi connectivity index (χ2v) is 3.65. The van der Waals surface area contributed by atoms with Crippen molar-refractivity contribution in [2.75, 3.05) is 11.9 Å². The van der Waals surface area contributed by atoms with Gasteiger partial charge in [0.1, 0.15) is 0 Å². The van der Waals surface area contributed by atoms with Gasteiger partial charge in [-0.3, -0.25) is 15.4 Å². The third kappa shape index (κ3) is 1.81. The largest absolute Gasteiger partial charge is 0.449 e. The van der Waals surface area contributed by atoms with Crippen molar-refractivity contribution in [2.24, 2.45) is 0 Å². The van der Waals surface area contributed by atoms with Crippen LogP contribution < -0.4 is 5.32 Å². The summed E-state index contributed by atoms with van der Waals surface area (Å²) in [5, 5.41) is 13.2. The zero-order valence-corrected chi connectivity index (χ0v) is 8.60. The Bertz CT molecular complexity index is 458. The minimum Gasteiger partial charge on any atom is -0.449 e. The van der Waals surface area contributed by atoms with Gasteiger partial charge in [0.2, 0.25) is 0 Å². The number of fused-ring (bicyclic) bond motifs is 1. The van der Waals surface area contributed by atoms with Gasteiger partial charge in [-0.15, -0.1) is 0 Å². The maximum atomic E-state index is 11.1. The van der Waals surface area contributed by atoms with Crippen LogP contribution in [0.2, 0.25) is 0 Å². The molecule has 2 rings (SSSR count). The molecule has 1 N–H and O–H groups in total. The number of cyclic esters (lactones) is 1. The first-order valence-electron chi connectivity index (χ1n) is 4.80. The molecule has 1 aliphatic heterocycles. The molecule has 0 saturated heterocycles. The van der Waals surface area contributed by atoms with Crippen LogP contribution in [0.25, 0.3) is 0 Å². The topological polar surface area (TPSA) is 81.5 Å². The number of ether oxygens (including phenoxy) is 1. The van der Waals surface area contributed by atoms with E-state index in [2.05, 4.69) is 5.32 Å². The summed E-state index contributed by atoms with van der Waals surface area (Å²) in [4.78, 5) is 21.3.